The lowest BCUT2D eigenvalue weighted by atomic mass is 10.0. The molecule has 106 valence electrons. The summed E-state index contributed by atoms with van der Waals surface area (Å²) in [6, 6.07) is 17.0. The normalized spacial score (nSPS) is 12.3. The fourth-order valence-corrected chi connectivity index (χ4v) is 3.66. The van der Waals surface area contributed by atoms with Crippen molar-refractivity contribution < 1.29 is 0 Å². The standard InChI is InChI=1S/C17H20ClNS/c1-13-7-3-5-9-15(13)17(19-2)12-20-11-14-8-4-6-10-16(14)18/h3-10,17,19H,11-12H2,1-2H3. The van der Waals surface area contributed by atoms with Crippen molar-refractivity contribution in [3.05, 3.63) is 70.2 Å². The van der Waals surface area contributed by atoms with Crippen molar-refractivity contribution in [3.63, 3.8) is 0 Å². The van der Waals surface area contributed by atoms with Crippen LogP contribution >= 0.6 is 23.4 Å². The van der Waals surface area contributed by atoms with Gasteiger partial charge < -0.3 is 5.32 Å². The van der Waals surface area contributed by atoms with Crippen molar-refractivity contribution in [2.75, 3.05) is 12.8 Å². The molecule has 0 heterocycles. The van der Waals surface area contributed by atoms with Gasteiger partial charge in [0.2, 0.25) is 0 Å². The van der Waals surface area contributed by atoms with Gasteiger partial charge in [0.15, 0.2) is 0 Å². The number of hydrogen-bond donors (Lipinski definition) is 1. The average Bonchev–Trinajstić information content (AvgIpc) is 2.46. The van der Waals surface area contributed by atoms with Gasteiger partial charge in [-0.2, -0.15) is 11.8 Å². The number of hydrogen-bond acceptors (Lipinski definition) is 2. The van der Waals surface area contributed by atoms with Gasteiger partial charge in [-0.15, -0.1) is 0 Å². The van der Waals surface area contributed by atoms with Crippen LogP contribution < -0.4 is 5.32 Å². The molecule has 2 aromatic rings. The molecule has 1 nitrogen and oxygen atoms in total. The highest BCUT2D eigenvalue weighted by Crippen LogP contribution is 2.25. The molecule has 0 radical (unpaired) electrons. The summed E-state index contributed by atoms with van der Waals surface area (Å²) in [5.74, 6) is 1.98. The summed E-state index contributed by atoms with van der Waals surface area (Å²) in [6.45, 7) is 2.17. The smallest absolute Gasteiger partial charge is 0.0446 e. The van der Waals surface area contributed by atoms with E-state index in [9.17, 15) is 0 Å². The van der Waals surface area contributed by atoms with Crippen molar-refractivity contribution in [2.24, 2.45) is 0 Å². The quantitative estimate of drug-likeness (QED) is 0.819. The van der Waals surface area contributed by atoms with Crippen LogP contribution in [-0.4, -0.2) is 12.8 Å². The number of nitrogens with one attached hydrogen (secondary N) is 1. The van der Waals surface area contributed by atoms with E-state index in [0.29, 0.717) is 6.04 Å². The second kappa shape index (κ2) is 7.72. The molecule has 2 rings (SSSR count). The molecule has 20 heavy (non-hydrogen) atoms. The summed E-state index contributed by atoms with van der Waals surface area (Å²) in [5.41, 5.74) is 3.92. The lowest BCUT2D eigenvalue weighted by Gasteiger charge is -2.18. The van der Waals surface area contributed by atoms with Crippen LogP contribution in [0.1, 0.15) is 22.7 Å². The first kappa shape index (κ1) is 15.4. The molecule has 1 N–H and O–H groups in total. The van der Waals surface area contributed by atoms with E-state index in [-0.39, 0.29) is 0 Å². The second-order valence-corrected chi connectivity index (χ2v) is 6.24. The molecule has 0 saturated heterocycles. The Morgan fingerprint density at radius 1 is 1.10 bits per heavy atom. The van der Waals surface area contributed by atoms with Gasteiger partial charge in [0.05, 0.1) is 0 Å². The van der Waals surface area contributed by atoms with Crippen molar-refractivity contribution in [2.45, 2.75) is 18.7 Å². The van der Waals surface area contributed by atoms with Crippen LogP contribution in [-0.2, 0) is 5.75 Å². The maximum absolute atomic E-state index is 6.19. The number of aryl methyl sites for hydroxylation is 1. The maximum Gasteiger partial charge on any atom is 0.0446 e. The Kier molecular flexibility index (Phi) is 5.96. The molecule has 2 aromatic carbocycles. The lowest BCUT2D eigenvalue weighted by Crippen LogP contribution is -2.19. The molecule has 0 bridgehead atoms. The van der Waals surface area contributed by atoms with Crippen molar-refractivity contribution in [1.29, 1.82) is 0 Å². The van der Waals surface area contributed by atoms with Crippen LogP contribution in [0.25, 0.3) is 0 Å². The molecule has 0 spiro atoms. The fourth-order valence-electron chi connectivity index (χ4n) is 2.21. The summed E-state index contributed by atoms with van der Waals surface area (Å²) in [6.07, 6.45) is 0. The predicted molar refractivity (Wildman–Crippen MR) is 90.6 cm³/mol. The van der Waals surface area contributed by atoms with E-state index < -0.39 is 0 Å². The predicted octanol–water partition coefficient (Wildman–Crippen LogP) is 4.84. The van der Waals surface area contributed by atoms with Gasteiger partial charge in [-0.3, -0.25) is 0 Å². The van der Waals surface area contributed by atoms with Crippen LogP contribution in [0.3, 0.4) is 0 Å². The minimum atomic E-state index is 0.378. The van der Waals surface area contributed by atoms with Crippen LogP contribution in [0.4, 0.5) is 0 Å². The zero-order valence-electron chi connectivity index (χ0n) is 11.9. The Labute approximate surface area is 130 Å². The molecule has 1 atom stereocenters. The third-order valence-corrected chi connectivity index (χ3v) is 4.87. The molecule has 1 unspecified atom stereocenters. The number of rotatable bonds is 6. The summed E-state index contributed by atoms with van der Waals surface area (Å²) < 4.78 is 0. The molecule has 0 saturated carbocycles. The van der Waals surface area contributed by atoms with Gasteiger partial charge in [0.25, 0.3) is 0 Å². The number of benzene rings is 2. The zero-order valence-corrected chi connectivity index (χ0v) is 13.5. The molecule has 0 aliphatic carbocycles. The average molecular weight is 306 g/mol. The van der Waals surface area contributed by atoms with Crippen molar-refractivity contribution in [3.8, 4) is 0 Å². The monoisotopic (exact) mass is 305 g/mol. The largest absolute Gasteiger partial charge is 0.312 e. The summed E-state index contributed by atoms with van der Waals surface area (Å²) in [5, 5.41) is 4.26. The zero-order chi connectivity index (χ0) is 14.4. The lowest BCUT2D eigenvalue weighted by molar-refractivity contribution is 0.658. The van der Waals surface area contributed by atoms with E-state index in [0.717, 1.165) is 16.5 Å². The number of thioether (sulfide) groups is 1. The molecule has 0 aliphatic heterocycles. The van der Waals surface area contributed by atoms with Gasteiger partial charge in [0, 0.05) is 22.6 Å². The van der Waals surface area contributed by atoms with E-state index >= 15 is 0 Å². The molecule has 0 aliphatic rings. The first-order valence-corrected chi connectivity index (χ1v) is 8.29. The van der Waals surface area contributed by atoms with Gasteiger partial charge in [-0.05, 0) is 36.7 Å². The van der Waals surface area contributed by atoms with E-state index in [4.69, 9.17) is 11.6 Å². The van der Waals surface area contributed by atoms with Crippen molar-refractivity contribution in [1.82, 2.24) is 5.32 Å². The SMILES string of the molecule is CNC(CSCc1ccccc1Cl)c1ccccc1C. The van der Waals surface area contributed by atoms with Gasteiger partial charge >= 0.3 is 0 Å². The first-order chi connectivity index (χ1) is 9.72. The van der Waals surface area contributed by atoms with Gasteiger partial charge in [0.1, 0.15) is 0 Å². The second-order valence-electron chi connectivity index (χ2n) is 4.80. The minimum absolute atomic E-state index is 0.378. The van der Waals surface area contributed by atoms with E-state index in [1.165, 1.54) is 16.7 Å². The molecule has 0 amide bonds. The molecular weight excluding hydrogens is 286 g/mol. The van der Waals surface area contributed by atoms with Crippen LogP contribution in [0.5, 0.6) is 0 Å². The summed E-state index contributed by atoms with van der Waals surface area (Å²) in [4.78, 5) is 0. The molecule has 3 heteroatoms. The number of halogens is 1. The Morgan fingerprint density at radius 2 is 1.80 bits per heavy atom. The Bertz CT molecular complexity index is 556. The Morgan fingerprint density at radius 3 is 2.50 bits per heavy atom. The first-order valence-electron chi connectivity index (χ1n) is 6.76. The highest BCUT2D eigenvalue weighted by molar-refractivity contribution is 7.98. The van der Waals surface area contributed by atoms with E-state index in [1.54, 1.807) is 0 Å². The molecule has 0 aromatic heterocycles. The van der Waals surface area contributed by atoms with E-state index in [1.807, 2.05) is 37.0 Å². The summed E-state index contributed by atoms with van der Waals surface area (Å²) in [7, 11) is 2.02. The third-order valence-electron chi connectivity index (χ3n) is 3.41. The maximum atomic E-state index is 6.19. The van der Waals surface area contributed by atoms with E-state index in [2.05, 4.69) is 42.6 Å². The van der Waals surface area contributed by atoms with Crippen molar-refractivity contribution >= 4 is 23.4 Å². The summed E-state index contributed by atoms with van der Waals surface area (Å²) >= 11 is 8.10. The third kappa shape index (κ3) is 4.02. The molecular formula is C17H20ClNS. The Balaban J connectivity index is 1.95. The fraction of sp³-hybridized carbons (Fsp3) is 0.294. The topological polar surface area (TPSA) is 12.0 Å². The minimum Gasteiger partial charge on any atom is -0.312 e. The van der Waals surface area contributed by atoms with Crippen LogP contribution in [0, 0.1) is 6.92 Å². The van der Waals surface area contributed by atoms with Crippen LogP contribution in [0.2, 0.25) is 5.02 Å². The highest BCUT2D eigenvalue weighted by Gasteiger charge is 2.11. The molecule has 0 fully saturated rings. The van der Waals surface area contributed by atoms with Crippen LogP contribution in [0.15, 0.2) is 48.5 Å². The van der Waals surface area contributed by atoms with Gasteiger partial charge in [-0.1, -0.05) is 54.1 Å². The Hall–Kier alpha value is -0.960. The highest BCUT2D eigenvalue weighted by atomic mass is 35.5. The van der Waals surface area contributed by atoms with Gasteiger partial charge in [-0.25, -0.2) is 0 Å².